The van der Waals surface area contributed by atoms with Crippen molar-refractivity contribution in [3.8, 4) is 17.2 Å². The second-order valence-corrected chi connectivity index (χ2v) is 5.59. The maximum atomic E-state index is 13.1. The Kier molecular flexibility index (Phi) is 4.88. The molecule has 0 aliphatic heterocycles. The fourth-order valence-electron chi connectivity index (χ4n) is 2.55. The molecule has 1 N–H and O–H groups in total. The van der Waals surface area contributed by atoms with E-state index in [-0.39, 0.29) is 11.7 Å². The van der Waals surface area contributed by atoms with Crippen LogP contribution in [0, 0.1) is 12.7 Å². The summed E-state index contributed by atoms with van der Waals surface area (Å²) in [7, 11) is 3.08. The van der Waals surface area contributed by atoms with Crippen LogP contribution in [-0.4, -0.2) is 29.9 Å². The van der Waals surface area contributed by atoms with E-state index in [1.807, 2.05) is 0 Å². The lowest BCUT2D eigenvalue weighted by Gasteiger charge is -2.10. The topological polar surface area (TPSA) is 65.4 Å². The van der Waals surface area contributed by atoms with Crippen molar-refractivity contribution in [3.63, 3.8) is 0 Å². The number of anilines is 1. The van der Waals surface area contributed by atoms with Crippen LogP contribution in [0.3, 0.4) is 0 Å². The first kappa shape index (κ1) is 17.5. The molecule has 0 spiro atoms. The molecule has 7 heteroatoms. The van der Waals surface area contributed by atoms with Crippen molar-refractivity contribution in [2.45, 2.75) is 6.92 Å². The van der Waals surface area contributed by atoms with Crippen LogP contribution < -0.4 is 14.8 Å². The average Bonchev–Trinajstić information content (AvgIpc) is 3.03. The summed E-state index contributed by atoms with van der Waals surface area (Å²) in [6.07, 6.45) is 1.48. The molecule has 0 saturated heterocycles. The molecule has 0 aliphatic rings. The zero-order chi connectivity index (χ0) is 18.7. The van der Waals surface area contributed by atoms with E-state index in [0.29, 0.717) is 34.1 Å². The number of hydrogen-bond acceptors (Lipinski definition) is 4. The minimum absolute atomic E-state index is 0.314. The van der Waals surface area contributed by atoms with Crippen molar-refractivity contribution in [1.82, 2.24) is 9.78 Å². The third-order valence-corrected chi connectivity index (χ3v) is 3.93. The molecule has 26 heavy (non-hydrogen) atoms. The Morgan fingerprint density at radius 1 is 1.08 bits per heavy atom. The Labute approximate surface area is 150 Å². The van der Waals surface area contributed by atoms with Crippen LogP contribution in [0.4, 0.5) is 10.1 Å². The van der Waals surface area contributed by atoms with Gasteiger partial charge in [0.2, 0.25) is 0 Å². The van der Waals surface area contributed by atoms with E-state index in [1.165, 1.54) is 32.5 Å². The zero-order valence-electron chi connectivity index (χ0n) is 14.6. The Hall–Kier alpha value is -3.35. The highest BCUT2D eigenvalue weighted by Gasteiger charge is 2.16. The number of ether oxygens (including phenoxy) is 2. The Morgan fingerprint density at radius 2 is 1.69 bits per heavy atom. The lowest BCUT2D eigenvalue weighted by atomic mass is 10.2. The maximum Gasteiger partial charge on any atom is 0.259 e. The van der Waals surface area contributed by atoms with Gasteiger partial charge in [0.05, 0.1) is 37.4 Å². The summed E-state index contributed by atoms with van der Waals surface area (Å²) in [5, 5.41) is 7.04. The summed E-state index contributed by atoms with van der Waals surface area (Å²) in [6, 6.07) is 11.0. The summed E-state index contributed by atoms with van der Waals surface area (Å²) in [6.45, 7) is 1.78. The number of carbonyl (C=O) groups is 1. The fourth-order valence-corrected chi connectivity index (χ4v) is 2.55. The average molecular weight is 355 g/mol. The van der Waals surface area contributed by atoms with Crippen LogP contribution >= 0.6 is 0 Å². The summed E-state index contributed by atoms with van der Waals surface area (Å²) in [5.41, 5.74) is 2.27. The van der Waals surface area contributed by atoms with E-state index in [9.17, 15) is 9.18 Å². The van der Waals surface area contributed by atoms with Gasteiger partial charge in [-0.05, 0) is 31.2 Å². The van der Waals surface area contributed by atoms with Gasteiger partial charge in [-0.25, -0.2) is 9.07 Å². The molecular formula is C19H18FN3O3. The van der Waals surface area contributed by atoms with Gasteiger partial charge in [0.1, 0.15) is 17.3 Å². The summed E-state index contributed by atoms with van der Waals surface area (Å²) >= 11 is 0. The van der Waals surface area contributed by atoms with Crippen molar-refractivity contribution in [3.05, 3.63) is 65.7 Å². The van der Waals surface area contributed by atoms with E-state index < -0.39 is 0 Å². The minimum Gasteiger partial charge on any atom is -0.497 e. The second-order valence-electron chi connectivity index (χ2n) is 5.59. The van der Waals surface area contributed by atoms with Gasteiger partial charge in [0, 0.05) is 23.9 Å². The monoisotopic (exact) mass is 355 g/mol. The molecule has 0 bridgehead atoms. The number of rotatable bonds is 5. The number of hydrogen-bond donors (Lipinski definition) is 1. The number of nitrogens with one attached hydrogen (secondary N) is 1. The van der Waals surface area contributed by atoms with E-state index in [4.69, 9.17) is 9.47 Å². The van der Waals surface area contributed by atoms with Gasteiger partial charge in [-0.2, -0.15) is 5.10 Å². The number of benzene rings is 2. The van der Waals surface area contributed by atoms with Crippen LogP contribution in [0.2, 0.25) is 0 Å². The van der Waals surface area contributed by atoms with E-state index in [0.717, 1.165) is 0 Å². The highest BCUT2D eigenvalue weighted by molar-refractivity contribution is 6.05. The van der Waals surface area contributed by atoms with Crippen LogP contribution in [0.5, 0.6) is 11.5 Å². The third-order valence-electron chi connectivity index (χ3n) is 3.93. The highest BCUT2D eigenvalue weighted by atomic mass is 19.1. The van der Waals surface area contributed by atoms with Gasteiger partial charge >= 0.3 is 0 Å². The number of carbonyl (C=O) groups excluding carboxylic acids is 1. The smallest absolute Gasteiger partial charge is 0.259 e. The predicted octanol–water partition coefficient (Wildman–Crippen LogP) is 3.59. The normalized spacial score (nSPS) is 10.5. The van der Waals surface area contributed by atoms with E-state index >= 15 is 0 Å². The van der Waals surface area contributed by atoms with Crippen molar-refractivity contribution in [1.29, 1.82) is 0 Å². The van der Waals surface area contributed by atoms with Gasteiger partial charge in [0.25, 0.3) is 5.91 Å². The van der Waals surface area contributed by atoms with Gasteiger partial charge in [0.15, 0.2) is 0 Å². The first-order valence-corrected chi connectivity index (χ1v) is 7.87. The number of aromatic nitrogens is 2. The van der Waals surface area contributed by atoms with E-state index in [2.05, 4.69) is 10.4 Å². The number of amides is 1. The fraction of sp³-hybridized carbons (Fsp3) is 0.158. The van der Waals surface area contributed by atoms with Crippen LogP contribution in [0.1, 0.15) is 16.1 Å². The summed E-state index contributed by atoms with van der Waals surface area (Å²) in [4.78, 5) is 12.6. The largest absolute Gasteiger partial charge is 0.497 e. The SMILES string of the molecule is COc1cc(NC(=O)c2cnn(-c3ccc(F)cc3)c2C)cc(OC)c1. The lowest BCUT2D eigenvalue weighted by Crippen LogP contribution is -2.13. The number of halogens is 1. The molecular weight excluding hydrogens is 337 g/mol. The van der Waals surface area contributed by atoms with Gasteiger partial charge < -0.3 is 14.8 Å². The number of methoxy groups -OCH3 is 2. The molecule has 6 nitrogen and oxygen atoms in total. The molecule has 0 atom stereocenters. The quantitative estimate of drug-likeness (QED) is 0.760. The first-order valence-electron chi connectivity index (χ1n) is 7.87. The third kappa shape index (κ3) is 3.51. The summed E-state index contributed by atoms with van der Waals surface area (Å²) in [5.74, 6) is 0.492. The van der Waals surface area contributed by atoms with Crippen molar-refractivity contribution in [2.24, 2.45) is 0 Å². The van der Waals surface area contributed by atoms with Crippen LogP contribution in [-0.2, 0) is 0 Å². The van der Waals surface area contributed by atoms with Crippen molar-refractivity contribution >= 4 is 11.6 Å². The standard InChI is InChI=1S/C19H18FN3O3/c1-12-18(11-21-23(12)15-6-4-13(20)5-7-15)19(24)22-14-8-16(25-2)10-17(9-14)26-3/h4-11H,1-3H3,(H,22,24). The van der Waals surface area contributed by atoms with Crippen molar-refractivity contribution in [2.75, 3.05) is 19.5 Å². The number of nitrogens with zero attached hydrogens (tertiary/aromatic N) is 2. The lowest BCUT2D eigenvalue weighted by molar-refractivity contribution is 0.102. The molecule has 1 amide bonds. The molecule has 3 rings (SSSR count). The molecule has 134 valence electrons. The van der Waals surface area contributed by atoms with Crippen LogP contribution in [0.15, 0.2) is 48.7 Å². The Balaban J connectivity index is 1.86. The molecule has 0 unspecified atom stereocenters. The van der Waals surface area contributed by atoms with Gasteiger partial charge in [-0.15, -0.1) is 0 Å². The molecule has 0 radical (unpaired) electrons. The Bertz CT molecular complexity index is 913. The van der Waals surface area contributed by atoms with Gasteiger partial charge in [-0.1, -0.05) is 0 Å². The molecule has 2 aromatic carbocycles. The summed E-state index contributed by atoms with van der Waals surface area (Å²) < 4.78 is 25.1. The molecule has 0 fully saturated rings. The molecule has 0 aliphatic carbocycles. The van der Waals surface area contributed by atoms with E-state index in [1.54, 1.807) is 41.9 Å². The molecule has 1 heterocycles. The first-order chi connectivity index (χ1) is 12.5. The molecule has 3 aromatic rings. The second kappa shape index (κ2) is 7.26. The predicted molar refractivity (Wildman–Crippen MR) is 95.8 cm³/mol. The molecule has 1 aromatic heterocycles. The minimum atomic E-state index is -0.330. The van der Waals surface area contributed by atoms with Crippen LogP contribution in [0.25, 0.3) is 5.69 Å². The Morgan fingerprint density at radius 3 is 2.27 bits per heavy atom. The zero-order valence-corrected chi connectivity index (χ0v) is 14.6. The van der Waals surface area contributed by atoms with Crippen molar-refractivity contribution < 1.29 is 18.7 Å². The highest BCUT2D eigenvalue weighted by Crippen LogP contribution is 2.26. The van der Waals surface area contributed by atoms with Gasteiger partial charge in [-0.3, -0.25) is 4.79 Å². The maximum absolute atomic E-state index is 13.1. The molecule has 0 saturated carbocycles.